The van der Waals surface area contributed by atoms with Crippen LogP contribution in [0.5, 0.6) is 0 Å². The van der Waals surface area contributed by atoms with E-state index in [0.717, 1.165) is 32.0 Å². The molecule has 2 saturated heterocycles. The Morgan fingerprint density at radius 1 is 1.07 bits per heavy atom. The lowest BCUT2D eigenvalue weighted by molar-refractivity contribution is -0.137. The topological polar surface area (TPSA) is 52.6 Å². The van der Waals surface area contributed by atoms with Crippen molar-refractivity contribution < 1.29 is 18.0 Å². The van der Waals surface area contributed by atoms with E-state index in [4.69, 9.17) is 0 Å². The van der Waals surface area contributed by atoms with Gasteiger partial charge in [0, 0.05) is 63.4 Å². The number of hydrogen-bond acceptors (Lipinski definition) is 5. The summed E-state index contributed by atoms with van der Waals surface area (Å²) in [5.74, 6) is -0.101. The van der Waals surface area contributed by atoms with Gasteiger partial charge >= 0.3 is 6.18 Å². The molecule has 1 amide bonds. The maximum atomic E-state index is 13.0. The number of benzene rings is 1. The van der Waals surface area contributed by atoms with Gasteiger partial charge in [0.25, 0.3) is 5.91 Å². The summed E-state index contributed by atoms with van der Waals surface area (Å²) >= 11 is 0. The first-order valence-electron chi connectivity index (χ1n) is 10.1. The molecule has 0 N–H and O–H groups in total. The van der Waals surface area contributed by atoms with Crippen LogP contribution >= 0.6 is 0 Å². The second-order valence-corrected chi connectivity index (χ2v) is 7.71. The van der Waals surface area contributed by atoms with Crippen molar-refractivity contribution in [3.8, 4) is 0 Å². The minimum Gasteiger partial charge on any atom is -0.369 e. The van der Waals surface area contributed by atoms with Crippen LogP contribution in [0.25, 0.3) is 0 Å². The van der Waals surface area contributed by atoms with E-state index >= 15 is 0 Å². The zero-order valence-electron chi connectivity index (χ0n) is 16.6. The van der Waals surface area contributed by atoms with Crippen LogP contribution in [-0.4, -0.2) is 71.0 Å². The first-order chi connectivity index (χ1) is 14.4. The van der Waals surface area contributed by atoms with Crippen LogP contribution in [0.15, 0.2) is 42.9 Å². The number of piperazine rings is 1. The maximum absolute atomic E-state index is 13.0. The van der Waals surface area contributed by atoms with E-state index in [1.54, 1.807) is 12.3 Å². The fourth-order valence-electron chi connectivity index (χ4n) is 4.23. The van der Waals surface area contributed by atoms with Crippen LogP contribution in [0.1, 0.15) is 28.9 Å². The highest BCUT2D eigenvalue weighted by Crippen LogP contribution is 2.32. The van der Waals surface area contributed by atoms with Crippen LogP contribution in [0.3, 0.4) is 0 Å². The van der Waals surface area contributed by atoms with E-state index in [9.17, 15) is 18.0 Å². The van der Waals surface area contributed by atoms with Crippen LogP contribution in [0.2, 0.25) is 0 Å². The van der Waals surface area contributed by atoms with Crippen LogP contribution in [-0.2, 0) is 6.18 Å². The van der Waals surface area contributed by atoms with E-state index in [2.05, 4.69) is 14.9 Å². The first kappa shape index (κ1) is 20.6. The highest BCUT2D eigenvalue weighted by molar-refractivity contribution is 5.92. The molecule has 30 heavy (non-hydrogen) atoms. The number of likely N-dealkylation sites (tertiary alicyclic amines) is 1. The summed E-state index contributed by atoms with van der Waals surface area (Å²) in [5.41, 5.74) is 0.341. The van der Waals surface area contributed by atoms with Gasteiger partial charge in [0.2, 0.25) is 0 Å². The molecule has 1 aromatic carbocycles. The third-order valence-corrected chi connectivity index (χ3v) is 5.84. The molecule has 0 bridgehead atoms. The standard InChI is InChI=1S/C21H24F3N5O/c22-21(23,24)16-3-1-4-17(13-16)27-9-11-28(12-10-27)18-5-2-8-29(15-18)20(30)19-14-25-6-7-26-19/h1,3-4,6-7,13-14,18H,2,5,8-12,15H2. The van der Waals surface area contributed by atoms with Gasteiger partial charge in [0.1, 0.15) is 5.69 Å². The Morgan fingerprint density at radius 3 is 2.57 bits per heavy atom. The largest absolute Gasteiger partial charge is 0.416 e. The Hall–Kier alpha value is -2.68. The lowest BCUT2D eigenvalue weighted by Crippen LogP contribution is -2.56. The van der Waals surface area contributed by atoms with Crippen LogP contribution in [0, 0.1) is 0 Å². The lowest BCUT2D eigenvalue weighted by Gasteiger charge is -2.44. The Balaban J connectivity index is 1.35. The molecule has 1 atom stereocenters. The molecule has 4 rings (SSSR count). The van der Waals surface area contributed by atoms with Crippen molar-refractivity contribution in [3.63, 3.8) is 0 Å². The minimum absolute atomic E-state index is 0.101. The molecule has 2 fully saturated rings. The van der Waals surface area contributed by atoms with Crippen LogP contribution < -0.4 is 4.90 Å². The molecule has 0 saturated carbocycles. The molecule has 0 aliphatic carbocycles. The SMILES string of the molecule is O=C(c1cnccn1)N1CCCC(N2CCN(c3cccc(C(F)(F)F)c3)CC2)C1. The van der Waals surface area contributed by atoms with E-state index in [1.165, 1.54) is 24.5 Å². The number of halogens is 3. The van der Waals surface area contributed by atoms with Gasteiger partial charge in [-0.3, -0.25) is 14.7 Å². The number of aromatic nitrogens is 2. The normalized spacial score (nSPS) is 21.0. The summed E-state index contributed by atoms with van der Waals surface area (Å²) in [6, 6.07) is 5.76. The number of rotatable bonds is 3. The third kappa shape index (κ3) is 4.56. The van der Waals surface area contributed by atoms with Gasteiger partial charge in [0.15, 0.2) is 0 Å². The molecule has 6 nitrogen and oxygen atoms in total. The molecule has 2 aromatic rings. The number of hydrogen-bond donors (Lipinski definition) is 0. The van der Waals surface area contributed by atoms with Crippen molar-refractivity contribution in [2.45, 2.75) is 25.1 Å². The smallest absolute Gasteiger partial charge is 0.369 e. The molecule has 1 unspecified atom stereocenters. The third-order valence-electron chi connectivity index (χ3n) is 5.84. The summed E-state index contributed by atoms with van der Waals surface area (Å²) < 4.78 is 39.0. The highest BCUT2D eigenvalue weighted by Gasteiger charge is 2.33. The molecule has 160 valence electrons. The monoisotopic (exact) mass is 419 g/mol. The fraction of sp³-hybridized carbons (Fsp3) is 0.476. The average Bonchev–Trinajstić information content (AvgIpc) is 2.79. The molecule has 1 aromatic heterocycles. The fourth-order valence-corrected chi connectivity index (χ4v) is 4.23. The van der Waals surface area contributed by atoms with Crippen molar-refractivity contribution in [2.75, 3.05) is 44.2 Å². The second kappa shape index (κ2) is 8.59. The lowest BCUT2D eigenvalue weighted by atomic mass is 10.0. The molecule has 0 spiro atoms. The number of amides is 1. The quantitative estimate of drug-likeness (QED) is 0.766. The maximum Gasteiger partial charge on any atom is 0.416 e. The zero-order chi connectivity index (χ0) is 21.1. The predicted octanol–water partition coefficient (Wildman–Crippen LogP) is 2.92. The number of piperidine rings is 1. The molecular weight excluding hydrogens is 395 g/mol. The van der Waals surface area contributed by atoms with Gasteiger partial charge in [-0.15, -0.1) is 0 Å². The highest BCUT2D eigenvalue weighted by atomic mass is 19.4. The molecule has 3 heterocycles. The Bertz CT molecular complexity index is 868. The van der Waals surface area contributed by atoms with Gasteiger partial charge in [-0.05, 0) is 31.0 Å². The number of anilines is 1. The van der Waals surface area contributed by atoms with Gasteiger partial charge in [0.05, 0.1) is 11.8 Å². The summed E-state index contributed by atoms with van der Waals surface area (Å²) in [7, 11) is 0. The summed E-state index contributed by atoms with van der Waals surface area (Å²) in [4.78, 5) is 26.9. The molecular formula is C21H24F3N5O. The summed E-state index contributed by atoms with van der Waals surface area (Å²) in [5, 5.41) is 0. The van der Waals surface area contributed by atoms with Crippen molar-refractivity contribution in [3.05, 3.63) is 54.1 Å². The number of alkyl halides is 3. The number of carbonyl (C=O) groups is 1. The van der Waals surface area contributed by atoms with Gasteiger partial charge in [-0.25, -0.2) is 4.98 Å². The Morgan fingerprint density at radius 2 is 1.87 bits per heavy atom. The molecule has 2 aliphatic heterocycles. The van der Waals surface area contributed by atoms with E-state index in [1.807, 2.05) is 9.80 Å². The number of carbonyl (C=O) groups excluding carboxylic acids is 1. The molecule has 9 heteroatoms. The van der Waals surface area contributed by atoms with E-state index in [-0.39, 0.29) is 11.9 Å². The van der Waals surface area contributed by atoms with Crippen molar-refractivity contribution >= 4 is 11.6 Å². The van der Waals surface area contributed by atoms with Crippen molar-refractivity contribution in [2.24, 2.45) is 0 Å². The van der Waals surface area contributed by atoms with Crippen molar-refractivity contribution in [1.29, 1.82) is 0 Å². The Labute approximate surface area is 173 Å². The van der Waals surface area contributed by atoms with Gasteiger partial charge in [-0.2, -0.15) is 13.2 Å². The van der Waals surface area contributed by atoms with Gasteiger partial charge in [-0.1, -0.05) is 6.07 Å². The average molecular weight is 419 g/mol. The van der Waals surface area contributed by atoms with Crippen molar-refractivity contribution in [1.82, 2.24) is 19.8 Å². The van der Waals surface area contributed by atoms with E-state index in [0.29, 0.717) is 37.6 Å². The first-order valence-corrected chi connectivity index (χ1v) is 10.1. The zero-order valence-corrected chi connectivity index (χ0v) is 16.6. The molecule has 0 radical (unpaired) electrons. The van der Waals surface area contributed by atoms with Gasteiger partial charge < -0.3 is 9.80 Å². The number of nitrogens with zero attached hydrogens (tertiary/aromatic N) is 5. The second-order valence-electron chi connectivity index (χ2n) is 7.71. The predicted molar refractivity (Wildman–Crippen MR) is 106 cm³/mol. The summed E-state index contributed by atoms with van der Waals surface area (Å²) in [6.45, 7) is 4.18. The molecule has 2 aliphatic rings. The van der Waals surface area contributed by atoms with E-state index < -0.39 is 11.7 Å². The summed E-state index contributed by atoms with van der Waals surface area (Å²) in [6.07, 6.45) is 2.14. The van der Waals surface area contributed by atoms with Crippen LogP contribution in [0.4, 0.5) is 18.9 Å². The minimum atomic E-state index is -4.33. The Kier molecular flexibility index (Phi) is 5.90.